The van der Waals surface area contributed by atoms with Crippen LogP contribution in [0, 0.1) is 5.92 Å². The first-order valence-corrected chi connectivity index (χ1v) is 6.66. The molecule has 1 heterocycles. The van der Waals surface area contributed by atoms with Crippen molar-refractivity contribution in [3.05, 3.63) is 28.8 Å². The Morgan fingerprint density at radius 1 is 1.35 bits per heavy atom. The van der Waals surface area contributed by atoms with Gasteiger partial charge < -0.3 is 9.47 Å². The van der Waals surface area contributed by atoms with E-state index in [0.29, 0.717) is 5.92 Å². The summed E-state index contributed by atoms with van der Waals surface area (Å²) in [6, 6.07) is 6.03. The highest BCUT2D eigenvalue weighted by Crippen LogP contribution is 2.27. The summed E-state index contributed by atoms with van der Waals surface area (Å²) in [6.45, 7) is 4.58. The molecule has 0 aromatic heterocycles. The van der Waals surface area contributed by atoms with Crippen molar-refractivity contribution in [2.24, 2.45) is 5.92 Å². The Morgan fingerprint density at radius 3 is 2.76 bits per heavy atom. The fourth-order valence-corrected chi connectivity index (χ4v) is 2.26. The second-order valence-corrected chi connectivity index (χ2v) is 4.89. The lowest BCUT2D eigenvalue weighted by Crippen LogP contribution is -2.21. The molecule has 1 aliphatic heterocycles. The molecule has 2 rings (SSSR count). The zero-order valence-electron chi connectivity index (χ0n) is 10.2. The van der Waals surface area contributed by atoms with Gasteiger partial charge in [-0.2, -0.15) is 0 Å². The van der Waals surface area contributed by atoms with Crippen molar-refractivity contribution >= 4 is 11.6 Å². The number of halogens is 1. The number of hydrogen-bond donors (Lipinski definition) is 0. The van der Waals surface area contributed by atoms with E-state index in [0.717, 1.165) is 49.9 Å². The van der Waals surface area contributed by atoms with Gasteiger partial charge >= 0.3 is 0 Å². The molecule has 0 unspecified atom stereocenters. The maximum absolute atomic E-state index is 6.18. The maximum Gasteiger partial charge on any atom is 0.137 e. The van der Waals surface area contributed by atoms with E-state index < -0.39 is 0 Å². The highest BCUT2D eigenvalue weighted by atomic mass is 35.5. The van der Waals surface area contributed by atoms with Gasteiger partial charge in [-0.15, -0.1) is 0 Å². The third-order valence-corrected chi connectivity index (χ3v) is 3.52. The first kappa shape index (κ1) is 12.7. The Kier molecular flexibility index (Phi) is 4.69. The fourth-order valence-electron chi connectivity index (χ4n) is 2.00. The molecule has 0 aliphatic carbocycles. The van der Waals surface area contributed by atoms with Gasteiger partial charge in [0.25, 0.3) is 0 Å². The summed E-state index contributed by atoms with van der Waals surface area (Å²) in [4.78, 5) is 0. The molecular weight excluding hydrogens is 236 g/mol. The molecule has 94 valence electrons. The molecular formula is C14H19ClO2. The minimum absolute atomic E-state index is 0.602. The number of rotatable bonds is 4. The van der Waals surface area contributed by atoms with E-state index in [1.54, 1.807) is 0 Å². The quantitative estimate of drug-likeness (QED) is 0.816. The van der Waals surface area contributed by atoms with Crippen LogP contribution in [-0.2, 0) is 11.2 Å². The Morgan fingerprint density at radius 2 is 2.12 bits per heavy atom. The largest absolute Gasteiger partial charge is 0.492 e. The average Bonchev–Trinajstić information content (AvgIpc) is 2.38. The van der Waals surface area contributed by atoms with Gasteiger partial charge in [-0.3, -0.25) is 0 Å². The summed E-state index contributed by atoms with van der Waals surface area (Å²) in [5, 5.41) is 0.719. The zero-order valence-corrected chi connectivity index (χ0v) is 11.0. The van der Waals surface area contributed by atoms with Gasteiger partial charge in [0.05, 0.1) is 11.6 Å². The molecule has 3 heteroatoms. The molecule has 17 heavy (non-hydrogen) atoms. The van der Waals surface area contributed by atoms with Crippen LogP contribution in [0.1, 0.15) is 25.3 Å². The van der Waals surface area contributed by atoms with Gasteiger partial charge in [0.1, 0.15) is 5.75 Å². The lowest BCUT2D eigenvalue weighted by atomic mass is 10.0. The van der Waals surface area contributed by atoms with E-state index in [4.69, 9.17) is 21.1 Å². The van der Waals surface area contributed by atoms with Gasteiger partial charge in [0.15, 0.2) is 0 Å². The van der Waals surface area contributed by atoms with Crippen LogP contribution < -0.4 is 4.74 Å². The molecule has 2 nitrogen and oxygen atoms in total. The van der Waals surface area contributed by atoms with Crippen molar-refractivity contribution < 1.29 is 9.47 Å². The van der Waals surface area contributed by atoms with E-state index in [9.17, 15) is 0 Å². The maximum atomic E-state index is 6.18. The SMILES string of the molecule is CCc1ccc(OCC2CCOCC2)c(Cl)c1. The van der Waals surface area contributed by atoms with Gasteiger partial charge in [-0.25, -0.2) is 0 Å². The highest BCUT2D eigenvalue weighted by molar-refractivity contribution is 6.32. The van der Waals surface area contributed by atoms with E-state index in [1.165, 1.54) is 5.56 Å². The van der Waals surface area contributed by atoms with Gasteiger partial charge in [0, 0.05) is 13.2 Å². The molecule has 0 amide bonds. The third kappa shape index (κ3) is 3.62. The number of hydrogen-bond acceptors (Lipinski definition) is 2. The third-order valence-electron chi connectivity index (χ3n) is 3.22. The van der Waals surface area contributed by atoms with Crippen molar-refractivity contribution in [3.8, 4) is 5.75 Å². The van der Waals surface area contributed by atoms with Crippen LogP contribution in [0.2, 0.25) is 5.02 Å². The predicted molar refractivity (Wildman–Crippen MR) is 69.9 cm³/mol. The van der Waals surface area contributed by atoms with Crippen molar-refractivity contribution in [2.45, 2.75) is 26.2 Å². The van der Waals surface area contributed by atoms with Crippen molar-refractivity contribution in [1.82, 2.24) is 0 Å². The molecule has 1 fully saturated rings. The summed E-state index contributed by atoms with van der Waals surface area (Å²) in [7, 11) is 0. The van der Waals surface area contributed by atoms with Gasteiger partial charge in [0.2, 0.25) is 0 Å². The Labute approximate surface area is 108 Å². The predicted octanol–water partition coefficient (Wildman–Crippen LogP) is 3.71. The minimum Gasteiger partial charge on any atom is -0.492 e. The fraction of sp³-hybridized carbons (Fsp3) is 0.571. The second kappa shape index (κ2) is 6.27. The average molecular weight is 255 g/mol. The molecule has 0 atom stereocenters. The van der Waals surface area contributed by atoms with Crippen LogP contribution in [0.15, 0.2) is 18.2 Å². The van der Waals surface area contributed by atoms with Crippen LogP contribution in [0.4, 0.5) is 0 Å². The normalized spacial score (nSPS) is 17.1. The summed E-state index contributed by atoms with van der Waals surface area (Å²) in [6.07, 6.45) is 3.18. The van der Waals surface area contributed by atoms with Crippen LogP contribution in [0.25, 0.3) is 0 Å². The Bertz CT molecular complexity index is 359. The number of ether oxygens (including phenoxy) is 2. The van der Waals surface area contributed by atoms with E-state index in [1.807, 2.05) is 12.1 Å². The second-order valence-electron chi connectivity index (χ2n) is 4.49. The topological polar surface area (TPSA) is 18.5 Å². The Hall–Kier alpha value is -0.730. The van der Waals surface area contributed by atoms with Crippen molar-refractivity contribution in [3.63, 3.8) is 0 Å². The van der Waals surface area contributed by atoms with E-state index in [-0.39, 0.29) is 0 Å². The molecule has 0 bridgehead atoms. The van der Waals surface area contributed by atoms with Crippen LogP contribution in [0.3, 0.4) is 0 Å². The molecule has 1 aromatic carbocycles. The van der Waals surface area contributed by atoms with Crippen LogP contribution >= 0.6 is 11.6 Å². The molecule has 1 aromatic rings. The van der Waals surface area contributed by atoms with Crippen molar-refractivity contribution in [1.29, 1.82) is 0 Å². The number of benzene rings is 1. The first-order valence-electron chi connectivity index (χ1n) is 6.28. The van der Waals surface area contributed by atoms with Gasteiger partial charge in [-0.05, 0) is 42.9 Å². The molecule has 0 saturated carbocycles. The van der Waals surface area contributed by atoms with E-state index in [2.05, 4.69) is 13.0 Å². The molecule has 0 N–H and O–H groups in total. The van der Waals surface area contributed by atoms with Crippen molar-refractivity contribution in [2.75, 3.05) is 19.8 Å². The molecule has 1 saturated heterocycles. The smallest absolute Gasteiger partial charge is 0.137 e. The summed E-state index contributed by atoms with van der Waals surface area (Å²) >= 11 is 6.18. The lowest BCUT2D eigenvalue weighted by Gasteiger charge is -2.22. The summed E-state index contributed by atoms with van der Waals surface area (Å²) in [5.74, 6) is 1.40. The first-order chi connectivity index (χ1) is 8.29. The van der Waals surface area contributed by atoms with Crippen LogP contribution in [0.5, 0.6) is 5.75 Å². The minimum atomic E-state index is 0.602. The zero-order chi connectivity index (χ0) is 12.1. The Balaban J connectivity index is 1.89. The number of aryl methyl sites for hydroxylation is 1. The van der Waals surface area contributed by atoms with Gasteiger partial charge in [-0.1, -0.05) is 24.6 Å². The standard InChI is InChI=1S/C14H19ClO2/c1-2-11-3-4-14(13(15)9-11)17-10-12-5-7-16-8-6-12/h3-4,9,12H,2,5-8,10H2,1H3. The summed E-state index contributed by atoms with van der Waals surface area (Å²) in [5.41, 5.74) is 1.24. The monoisotopic (exact) mass is 254 g/mol. The van der Waals surface area contributed by atoms with Crippen LogP contribution in [-0.4, -0.2) is 19.8 Å². The molecule has 1 aliphatic rings. The molecule has 0 spiro atoms. The van der Waals surface area contributed by atoms with E-state index >= 15 is 0 Å². The lowest BCUT2D eigenvalue weighted by molar-refractivity contribution is 0.0498. The highest BCUT2D eigenvalue weighted by Gasteiger charge is 2.15. The molecule has 0 radical (unpaired) electrons. The summed E-state index contributed by atoms with van der Waals surface area (Å²) < 4.78 is 11.1.